The van der Waals surface area contributed by atoms with Gasteiger partial charge < -0.3 is 5.32 Å². The molecule has 1 amide bonds. The summed E-state index contributed by atoms with van der Waals surface area (Å²) in [6, 6.07) is 7.50. The molecule has 1 heterocycles. The van der Waals surface area contributed by atoms with Gasteiger partial charge in [-0.3, -0.25) is 4.79 Å². The summed E-state index contributed by atoms with van der Waals surface area (Å²) >= 11 is 7.47. The Morgan fingerprint density at radius 1 is 1.44 bits per heavy atom. The van der Waals surface area contributed by atoms with E-state index in [-0.39, 0.29) is 5.91 Å². The van der Waals surface area contributed by atoms with Crippen molar-refractivity contribution >= 4 is 34.5 Å². The van der Waals surface area contributed by atoms with E-state index in [0.29, 0.717) is 18.0 Å². The van der Waals surface area contributed by atoms with Crippen molar-refractivity contribution in [2.24, 2.45) is 0 Å². The summed E-state index contributed by atoms with van der Waals surface area (Å²) in [5.74, 6) is 0.368. The lowest BCUT2D eigenvalue weighted by atomic mass is 10.3. The van der Waals surface area contributed by atoms with Gasteiger partial charge in [-0.25, -0.2) is 4.68 Å². The first-order valence-corrected chi connectivity index (χ1v) is 6.71. The number of para-hydroxylation sites is 1. The van der Waals surface area contributed by atoms with Crippen molar-refractivity contribution in [2.45, 2.75) is 0 Å². The Labute approximate surface area is 118 Å². The van der Waals surface area contributed by atoms with E-state index >= 15 is 0 Å². The van der Waals surface area contributed by atoms with Crippen molar-refractivity contribution in [3.63, 3.8) is 0 Å². The Kier molecular flexibility index (Phi) is 4.38. The quantitative estimate of drug-likeness (QED) is 0.840. The maximum atomic E-state index is 11.9. The summed E-state index contributed by atoms with van der Waals surface area (Å²) in [4.78, 5) is 11.9. The van der Waals surface area contributed by atoms with Crippen molar-refractivity contribution in [1.82, 2.24) is 20.3 Å². The predicted molar refractivity (Wildman–Crippen MR) is 75.2 cm³/mol. The molecule has 0 saturated heterocycles. The van der Waals surface area contributed by atoms with Gasteiger partial charge in [0, 0.05) is 16.8 Å². The van der Waals surface area contributed by atoms with E-state index in [1.807, 2.05) is 24.3 Å². The van der Waals surface area contributed by atoms with Crippen LogP contribution in [0.1, 0.15) is 10.5 Å². The Hall–Kier alpha value is -1.34. The molecule has 0 radical (unpaired) electrons. The molecule has 0 spiro atoms. The third kappa shape index (κ3) is 2.73. The van der Waals surface area contributed by atoms with Crippen LogP contribution >= 0.6 is 28.6 Å². The highest BCUT2D eigenvalue weighted by Gasteiger charge is 2.15. The summed E-state index contributed by atoms with van der Waals surface area (Å²) in [5, 5.41) is 10.4. The van der Waals surface area contributed by atoms with Crippen molar-refractivity contribution < 1.29 is 4.79 Å². The number of aromatic nitrogens is 3. The molecule has 0 aliphatic carbocycles. The molecule has 0 fully saturated rings. The molecule has 18 heavy (non-hydrogen) atoms. The van der Waals surface area contributed by atoms with E-state index in [9.17, 15) is 4.79 Å². The first-order chi connectivity index (χ1) is 8.74. The second kappa shape index (κ2) is 6.01. The Morgan fingerprint density at radius 3 is 2.94 bits per heavy atom. The Bertz CT molecular complexity index is 557. The molecule has 0 bridgehead atoms. The zero-order valence-electron chi connectivity index (χ0n) is 9.38. The van der Waals surface area contributed by atoms with E-state index in [2.05, 4.69) is 44.2 Å². The number of carbonyl (C=O) groups excluding carboxylic acids is 1. The highest BCUT2D eigenvalue weighted by molar-refractivity contribution is 9.10. The number of hydrogen-bond acceptors (Lipinski definition) is 4. The van der Waals surface area contributed by atoms with Crippen LogP contribution in [-0.4, -0.2) is 33.2 Å². The number of nitrogens with one attached hydrogen (secondary N) is 1. The summed E-state index contributed by atoms with van der Waals surface area (Å²) in [6.07, 6.45) is 1.44. The monoisotopic (exact) mass is 326 g/mol. The lowest BCUT2D eigenvalue weighted by Crippen LogP contribution is -2.27. The number of thiol groups is 1. The Balaban J connectivity index is 2.34. The number of nitrogens with zero attached hydrogens (tertiary/aromatic N) is 3. The normalized spacial score (nSPS) is 10.3. The van der Waals surface area contributed by atoms with E-state index in [1.165, 1.54) is 10.9 Å². The molecule has 7 heteroatoms. The molecule has 0 aliphatic rings. The molecule has 94 valence electrons. The molecule has 0 atom stereocenters. The summed E-state index contributed by atoms with van der Waals surface area (Å²) in [7, 11) is 0. The van der Waals surface area contributed by atoms with Crippen LogP contribution in [0.3, 0.4) is 0 Å². The minimum Gasteiger partial charge on any atom is -0.350 e. The van der Waals surface area contributed by atoms with Gasteiger partial charge in [-0.05, 0) is 28.1 Å². The fourth-order valence-corrected chi connectivity index (χ4v) is 2.02. The standard InChI is InChI=1S/C11H11BrN4OS/c12-8-3-1-2-4-9(8)16-10(7-14-15-16)11(17)13-5-6-18/h1-4,7,18H,5-6H2,(H,13,17). The van der Waals surface area contributed by atoms with Crippen molar-refractivity contribution in [1.29, 1.82) is 0 Å². The predicted octanol–water partition coefficient (Wildman–Crippen LogP) is 1.69. The molecule has 2 rings (SSSR count). The fraction of sp³-hybridized carbons (Fsp3) is 0.182. The molecule has 1 aromatic carbocycles. The van der Waals surface area contributed by atoms with Gasteiger partial charge in [0.2, 0.25) is 0 Å². The van der Waals surface area contributed by atoms with Crippen LogP contribution in [0.5, 0.6) is 0 Å². The summed E-state index contributed by atoms with van der Waals surface area (Å²) < 4.78 is 2.34. The molecule has 0 aliphatic heterocycles. The first kappa shape index (κ1) is 13.1. The van der Waals surface area contributed by atoms with E-state index in [1.54, 1.807) is 0 Å². The number of amides is 1. The highest BCUT2D eigenvalue weighted by Crippen LogP contribution is 2.20. The molecule has 1 aromatic heterocycles. The minimum absolute atomic E-state index is 0.218. The van der Waals surface area contributed by atoms with Gasteiger partial charge in [0.15, 0.2) is 5.69 Å². The van der Waals surface area contributed by atoms with Crippen LogP contribution in [0.15, 0.2) is 34.9 Å². The average molecular weight is 327 g/mol. The van der Waals surface area contributed by atoms with Gasteiger partial charge in [0.05, 0.1) is 11.9 Å². The van der Waals surface area contributed by atoms with Gasteiger partial charge in [-0.2, -0.15) is 12.6 Å². The molecular formula is C11H11BrN4OS. The van der Waals surface area contributed by atoms with Crippen molar-refractivity contribution in [3.8, 4) is 5.69 Å². The molecular weight excluding hydrogens is 316 g/mol. The first-order valence-electron chi connectivity index (χ1n) is 5.28. The summed E-state index contributed by atoms with van der Waals surface area (Å²) in [6.45, 7) is 0.503. The lowest BCUT2D eigenvalue weighted by molar-refractivity contribution is 0.0948. The van der Waals surface area contributed by atoms with Crippen LogP contribution < -0.4 is 5.32 Å². The second-order valence-electron chi connectivity index (χ2n) is 3.46. The number of carbonyl (C=O) groups is 1. The minimum atomic E-state index is -0.218. The van der Waals surface area contributed by atoms with Gasteiger partial charge in [0.1, 0.15) is 0 Å². The zero-order valence-corrected chi connectivity index (χ0v) is 11.9. The SMILES string of the molecule is O=C(NCCS)c1cnnn1-c1ccccc1Br. The third-order valence-electron chi connectivity index (χ3n) is 2.26. The van der Waals surface area contributed by atoms with Gasteiger partial charge in [0.25, 0.3) is 5.91 Å². The third-order valence-corrected chi connectivity index (χ3v) is 3.15. The smallest absolute Gasteiger partial charge is 0.271 e. The second-order valence-corrected chi connectivity index (χ2v) is 4.76. The van der Waals surface area contributed by atoms with Crippen LogP contribution in [0.25, 0.3) is 5.69 Å². The summed E-state index contributed by atoms with van der Waals surface area (Å²) in [5.41, 5.74) is 1.16. The maximum Gasteiger partial charge on any atom is 0.271 e. The highest BCUT2D eigenvalue weighted by atomic mass is 79.9. The molecule has 1 N–H and O–H groups in total. The van der Waals surface area contributed by atoms with Gasteiger partial charge in [-0.15, -0.1) is 5.10 Å². The van der Waals surface area contributed by atoms with Crippen LogP contribution in [0.2, 0.25) is 0 Å². The van der Waals surface area contributed by atoms with Crippen molar-refractivity contribution in [2.75, 3.05) is 12.3 Å². The van der Waals surface area contributed by atoms with Crippen LogP contribution in [0, 0.1) is 0 Å². The van der Waals surface area contributed by atoms with Crippen LogP contribution in [-0.2, 0) is 0 Å². The largest absolute Gasteiger partial charge is 0.350 e. The average Bonchev–Trinajstić information content (AvgIpc) is 2.85. The van der Waals surface area contributed by atoms with Gasteiger partial charge >= 0.3 is 0 Å². The van der Waals surface area contributed by atoms with E-state index < -0.39 is 0 Å². The topological polar surface area (TPSA) is 59.8 Å². The number of benzene rings is 1. The number of rotatable bonds is 4. The maximum absolute atomic E-state index is 11.9. The number of halogens is 1. The molecule has 0 saturated carbocycles. The van der Waals surface area contributed by atoms with E-state index in [4.69, 9.17) is 0 Å². The molecule has 2 aromatic rings. The van der Waals surface area contributed by atoms with Gasteiger partial charge in [-0.1, -0.05) is 17.3 Å². The lowest BCUT2D eigenvalue weighted by Gasteiger charge is -2.07. The fourth-order valence-electron chi connectivity index (χ4n) is 1.45. The zero-order chi connectivity index (χ0) is 13.0. The van der Waals surface area contributed by atoms with Crippen molar-refractivity contribution in [3.05, 3.63) is 40.6 Å². The number of hydrogen-bond donors (Lipinski definition) is 2. The van der Waals surface area contributed by atoms with Crippen LogP contribution in [0.4, 0.5) is 0 Å². The van der Waals surface area contributed by atoms with E-state index in [0.717, 1.165) is 10.2 Å². The molecule has 5 nitrogen and oxygen atoms in total. The Morgan fingerprint density at radius 2 is 2.22 bits per heavy atom. The molecule has 0 unspecified atom stereocenters.